The van der Waals surface area contributed by atoms with E-state index in [1.807, 2.05) is 13.8 Å². The van der Waals surface area contributed by atoms with E-state index in [-0.39, 0.29) is 24.8 Å². The predicted octanol–water partition coefficient (Wildman–Crippen LogP) is 4.10. The molecule has 0 radical (unpaired) electrons. The van der Waals surface area contributed by atoms with Gasteiger partial charge in [0.1, 0.15) is 0 Å². The molecule has 0 saturated carbocycles. The summed E-state index contributed by atoms with van der Waals surface area (Å²) in [5, 5.41) is 0. The Morgan fingerprint density at radius 3 is 1.88 bits per heavy atom. The lowest BCUT2D eigenvalue weighted by Gasteiger charge is -2.25. The maximum absolute atomic E-state index is 12.6. The lowest BCUT2D eigenvalue weighted by molar-refractivity contribution is -0.137. The van der Waals surface area contributed by atoms with Crippen LogP contribution in [0.15, 0.2) is 24.3 Å². The molecule has 1 rings (SSSR count). The van der Waals surface area contributed by atoms with E-state index < -0.39 is 11.7 Å². The molecule has 0 heterocycles. The summed E-state index contributed by atoms with van der Waals surface area (Å²) in [5.74, 6) is -0.369. The molecule has 1 aromatic rings. The minimum atomic E-state index is -4.42. The largest absolute Gasteiger partial charge is 0.416 e. The smallest absolute Gasteiger partial charge is 0.343 e. The van der Waals surface area contributed by atoms with E-state index in [2.05, 4.69) is 0 Å². The maximum Gasteiger partial charge on any atom is 0.416 e. The molecule has 0 unspecified atom stereocenters. The molecule has 0 aliphatic carbocycles. The Bertz CT molecular complexity index is 565. The van der Waals surface area contributed by atoms with Gasteiger partial charge in [0.15, 0.2) is 0 Å². The fourth-order valence-corrected chi connectivity index (χ4v) is 2.57. The van der Waals surface area contributed by atoms with Gasteiger partial charge in [0.05, 0.1) is 5.56 Å². The SMILES string of the molecule is CCCN(CCC)C(=O)CCN(C(C)=O)c1ccc(C(F)(F)F)cc1. The van der Waals surface area contributed by atoms with Crippen LogP contribution in [0.4, 0.5) is 18.9 Å². The maximum atomic E-state index is 12.6. The molecular formula is C18H25F3N2O2. The van der Waals surface area contributed by atoms with Crippen LogP contribution in [0.3, 0.4) is 0 Å². The zero-order chi connectivity index (χ0) is 19.0. The Hall–Kier alpha value is -2.05. The van der Waals surface area contributed by atoms with Crippen LogP contribution in [0.25, 0.3) is 0 Å². The second-order valence-electron chi connectivity index (χ2n) is 5.85. The zero-order valence-corrected chi connectivity index (χ0v) is 14.9. The van der Waals surface area contributed by atoms with Crippen LogP contribution in [0.2, 0.25) is 0 Å². The molecule has 0 N–H and O–H groups in total. The summed E-state index contributed by atoms with van der Waals surface area (Å²) < 4.78 is 37.9. The molecule has 0 bridgehead atoms. The van der Waals surface area contributed by atoms with Crippen molar-refractivity contribution in [3.63, 3.8) is 0 Å². The third-order valence-corrected chi connectivity index (χ3v) is 3.78. The molecule has 0 aromatic heterocycles. The number of alkyl halides is 3. The van der Waals surface area contributed by atoms with Crippen LogP contribution in [0.5, 0.6) is 0 Å². The fraction of sp³-hybridized carbons (Fsp3) is 0.556. The number of carbonyl (C=O) groups is 2. The highest BCUT2D eigenvalue weighted by Crippen LogP contribution is 2.30. The summed E-state index contributed by atoms with van der Waals surface area (Å²) in [6.45, 7) is 6.77. The second kappa shape index (κ2) is 9.44. The van der Waals surface area contributed by atoms with Gasteiger partial charge in [0.25, 0.3) is 0 Å². The van der Waals surface area contributed by atoms with Gasteiger partial charge < -0.3 is 9.80 Å². The van der Waals surface area contributed by atoms with Crippen molar-refractivity contribution in [3.05, 3.63) is 29.8 Å². The summed E-state index contributed by atoms with van der Waals surface area (Å²) in [7, 11) is 0. The van der Waals surface area contributed by atoms with Gasteiger partial charge in [-0.15, -0.1) is 0 Å². The average Bonchev–Trinajstić information content (AvgIpc) is 2.54. The first-order valence-electron chi connectivity index (χ1n) is 8.43. The summed E-state index contributed by atoms with van der Waals surface area (Å²) in [5.41, 5.74) is -0.418. The molecule has 1 aromatic carbocycles. The molecule has 0 spiro atoms. The minimum absolute atomic E-state index is 0.0538. The van der Waals surface area contributed by atoms with Gasteiger partial charge in [-0.1, -0.05) is 13.8 Å². The lowest BCUT2D eigenvalue weighted by Crippen LogP contribution is -2.37. The Balaban J connectivity index is 2.81. The van der Waals surface area contributed by atoms with Gasteiger partial charge in [-0.2, -0.15) is 13.2 Å². The van der Waals surface area contributed by atoms with E-state index in [0.717, 1.165) is 25.0 Å². The second-order valence-corrected chi connectivity index (χ2v) is 5.85. The quantitative estimate of drug-likeness (QED) is 0.702. The number of amides is 2. The van der Waals surface area contributed by atoms with Crippen LogP contribution in [-0.4, -0.2) is 36.3 Å². The van der Waals surface area contributed by atoms with E-state index in [1.165, 1.54) is 24.0 Å². The summed E-state index contributed by atoms with van der Waals surface area (Å²) in [6, 6.07) is 4.39. The van der Waals surface area contributed by atoms with E-state index >= 15 is 0 Å². The van der Waals surface area contributed by atoms with Gasteiger partial charge in [0.2, 0.25) is 11.8 Å². The number of halogens is 3. The minimum Gasteiger partial charge on any atom is -0.343 e. The van der Waals surface area contributed by atoms with Gasteiger partial charge in [-0.3, -0.25) is 9.59 Å². The molecule has 7 heteroatoms. The van der Waals surface area contributed by atoms with Gasteiger partial charge in [0, 0.05) is 38.7 Å². The summed E-state index contributed by atoms with van der Waals surface area (Å²) in [4.78, 5) is 27.2. The summed E-state index contributed by atoms with van der Waals surface area (Å²) >= 11 is 0. The van der Waals surface area contributed by atoms with Gasteiger partial charge >= 0.3 is 6.18 Å². The third kappa shape index (κ3) is 6.40. The van der Waals surface area contributed by atoms with E-state index in [0.29, 0.717) is 18.8 Å². The Kier molecular flexibility index (Phi) is 7.93. The molecule has 140 valence electrons. The van der Waals surface area contributed by atoms with Crippen molar-refractivity contribution in [3.8, 4) is 0 Å². The van der Waals surface area contributed by atoms with Crippen LogP contribution < -0.4 is 4.90 Å². The van der Waals surface area contributed by atoms with E-state index in [9.17, 15) is 22.8 Å². The highest BCUT2D eigenvalue weighted by atomic mass is 19.4. The molecule has 4 nitrogen and oxygen atoms in total. The first kappa shape index (κ1) is 21.0. The Morgan fingerprint density at radius 1 is 0.960 bits per heavy atom. The van der Waals surface area contributed by atoms with Crippen molar-refractivity contribution in [2.24, 2.45) is 0 Å². The van der Waals surface area contributed by atoms with Crippen LogP contribution in [0, 0.1) is 0 Å². The van der Waals surface area contributed by atoms with Crippen molar-refractivity contribution in [2.75, 3.05) is 24.5 Å². The molecular weight excluding hydrogens is 333 g/mol. The van der Waals surface area contributed by atoms with Crippen molar-refractivity contribution in [1.82, 2.24) is 4.90 Å². The van der Waals surface area contributed by atoms with Crippen LogP contribution in [0.1, 0.15) is 45.6 Å². The van der Waals surface area contributed by atoms with Crippen molar-refractivity contribution in [2.45, 2.75) is 46.2 Å². The number of hydrogen-bond donors (Lipinski definition) is 0. The third-order valence-electron chi connectivity index (χ3n) is 3.78. The first-order chi connectivity index (χ1) is 11.7. The van der Waals surface area contributed by atoms with E-state index in [1.54, 1.807) is 4.90 Å². The monoisotopic (exact) mass is 358 g/mol. The van der Waals surface area contributed by atoms with Crippen molar-refractivity contribution >= 4 is 17.5 Å². The Labute approximate surface area is 146 Å². The molecule has 0 aliphatic heterocycles. The number of rotatable bonds is 8. The Morgan fingerprint density at radius 2 is 1.48 bits per heavy atom. The van der Waals surface area contributed by atoms with Crippen molar-refractivity contribution < 1.29 is 22.8 Å². The number of carbonyl (C=O) groups excluding carboxylic acids is 2. The first-order valence-corrected chi connectivity index (χ1v) is 8.43. The number of anilines is 1. The molecule has 2 amide bonds. The van der Waals surface area contributed by atoms with E-state index in [4.69, 9.17) is 0 Å². The fourth-order valence-electron chi connectivity index (χ4n) is 2.57. The highest BCUT2D eigenvalue weighted by Gasteiger charge is 2.30. The molecule has 0 fully saturated rings. The van der Waals surface area contributed by atoms with Crippen molar-refractivity contribution in [1.29, 1.82) is 0 Å². The standard InChI is InChI=1S/C18H25F3N2O2/c1-4-11-22(12-5-2)17(25)10-13-23(14(3)24)16-8-6-15(7-9-16)18(19,20)21/h6-9H,4-5,10-13H2,1-3H3. The summed E-state index contributed by atoms with van der Waals surface area (Å²) in [6.07, 6.45) is -2.58. The van der Waals surface area contributed by atoms with Crippen LogP contribution >= 0.6 is 0 Å². The molecule has 25 heavy (non-hydrogen) atoms. The van der Waals surface area contributed by atoms with Crippen LogP contribution in [-0.2, 0) is 15.8 Å². The molecule has 0 atom stereocenters. The number of benzene rings is 1. The lowest BCUT2D eigenvalue weighted by atomic mass is 10.2. The molecule has 0 aliphatic rings. The average molecular weight is 358 g/mol. The molecule has 0 saturated heterocycles. The van der Waals surface area contributed by atoms with Gasteiger partial charge in [-0.25, -0.2) is 0 Å². The normalized spacial score (nSPS) is 11.3. The number of hydrogen-bond acceptors (Lipinski definition) is 2. The topological polar surface area (TPSA) is 40.6 Å². The predicted molar refractivity (Wildman–Crippen MR) is 91.3 cm³/mol. The van der Waals surface area contributed by atoms with Gasteiger partial charge in [-0.05, 0) is 37.1 Å². The zero-order valence-electron chi connectivity index (χ0n) is 14.9. The highest BCUT2D eigenvalue weighted by molar-refractivity contribution is 5.92. The number of nitrogens with zero attached hydrogens (tertiary/aromatic N) is 2.